The van der Waals surface area contributed by atoms with Gasteiger partial charge in [-0.05, 0) is 25.8 Å². The Kier molecular flexibility index (Phi) is 5.21. The highest BCUT2D eigenvalue weighted by molar-refractivity contribution is 5.89. The zero-order valence-corrected chi connectivity index (χ0v) is 13.3. The Morgan fingerprint density at radius 3 is 2.52 bits per heavy atom. The lowest BCUT2D eigenvalue weighted by Gasteiger charge is -2.34. The average Bonchev–Trinajstić information content (AvgIpc) is 2.48. The standard InChI is InChI=1S/C18H25NO2/c1-5-19(13(2)12-21-4)14(3)16-11-10-15-8-6-7-9-17(15)18(16)20/h6-11,13-14,20H,5,12H2,1-4H3. The summed E-state index contributed by atoms with van der Waals surface area (Å²) in [6.45, 7) is 8.03. The van der Waals surface area contributed by atoms with Crippen LogP contribution in [0.3, 0.4) is 0 Å². The summed E-state index contributed by atoms with van der Waals surface area (Å²) in [5.41, 5.74) is 0.971. The number of aromatic hydroxyl groups is 1. The summed E-state index contributed by atoms with van der Waals surface area (Å²) in [5, 5.41) is 12.6. The molecule has 3 nitrogen and oxygen atoms in total. The smallest absolute Gasteiger partial charge is 0.128 e. The van der Waals surface area contributed by atoms with E-state index in [1.165, 1.54) is 0 Å². The van der Waals surface area contributed by atoms with Gasteiger partial charge in [0.1, 0.15) is 5.75 Å². The van der Waals surface area contributed by atoms with E-state index < -0.39 is 0 Å². The normalized spacial score (nSPS) is 14.5. The molecule has 0 saturated heterocycles. The highest BCUT2D eigenvalue weighted by Gasteiger charge is 2.22. The molecule has 2 rings (SSSR count). The molecule has 0 heterocycles. The molecule has 21 heavy (non-hydrogen) atoms. The SMILES string of the molecule is CCN(C(C)COC)C(C)c1ccc2ccccc2c1O. The summed E-state index contributed by atoms with van der Waals surface area (Å²) >= 11 is 0. The second-order valence-corrected chi connectivity index (χ2v) is 5.54. The quantitative estimate of drug-likeness (QED) is 0.872. The van der Waals surface area contributed by atoms with Gasteiger partial charge in [-0.2, -0.15) is 0 Å². The van der Waals surface area contributed by atoms with Gasteiger partial charge in [-0.3, -0.25) is 4.90 Å². The molecular formula is C18H25NO2. The molecule has 0 fully saturated rings. The van der Waals surface area contributed by atoms with Crippen molar-refractivity contribution < 1.29 is 9.84 Å². The van der Waals surface area contributed by atoms with Crippen LogP contribution in [0.2, 0.25) is 0 Å². The molecule has 2 unspecified atom stereocenters. The molecule has 0 radical (unpaired) electrons. The van der Waals surface area contributed by atoms with Gasteiger partial charge in [-0.15, -0.1) is 0 Å². The molecule has 0 saturated carbocycles. The van der Waals surface area contributed by atoms with Gasteiger partial charge in [-0.25, -0.2) is 0 Å². The van der Waals surface area contributed by atoms with Crippen molar-refractivity contribution in [1.29, 1.82) is 0 Å². The lowest BCUT2D eigenvalue weighted by atomic mass is 9.99. The Morgan fingerprint density at radius 1 is 1.14 bits per heavy atom. The van der Waals surface area contributed by atoms with Gasteiger partial charge in [0.2, 0.25) is 0 Å². The van der Waals surface area contributed by atoms with Crippen molar-refractivity contribution in [1.82, 2.24) is 4.90 Å². The summed E-state index contributed by atoms with van der Waals surface area (Å²) in [6, 6.07) is 12.5. The number of likely N-dealkylation sites (N-methyl/N-ethyl adjacent to an activating group) is 1. The van der Waals surface area contributed by atoms with E-state index >= 15 is 0 Å². The Bertz CT molecular complexity index is 597. The predicted molar refractivity (Wildman–Crippen MR) is 87.7 cm³/mol. The Morgan fingerprint density at radius 2 is 1.86 bits per heavy atom. The van der Waals surface area contributed by atoms with E-state index in [2.05, 4.69) is 31.7 Å². The number of ether oxygens (including phenoxy) is 1. The zero-order valence-electron chi connectivity index (χ0n) is 13.3. The van der Waals surface area contributed by atoms with Crippen LogP contribution in [-0.2, 0) is 4.74 Å². The van der Waals surface area contributed by atoms with Crippen LogP contribution in [0.1, 0.15) is 32.4 Å². The molecule has 3 heteroatoms. The van der Waals surface area contributed by atoms with Crippen molar-refractivity contribution in [3.8, 4) is 5.75 Å². The fraction of sp³-hybridized carbons (Fsp3) is 0.444. The molecule has 0 aliphatic carbocycles. The van der Waals surface area contributed by atoms with Gasteiger partial charge in [0.05, 0.1) is 6.61 Å². The minimum Gasteiger partial charge on any atom is -0.507 e. The van der Waals surface area contributed by atoms with Crippen LogP contribution in [0.25, 0.3) is 10.8 Å². The van der Waals surface area contributed by atoms with Gasteiger partial charge in [-0.1, -0.05) is 43.3 Å². The van der Waals surface area contributed by atoms with Crippen molar-refractivity contribution in [2.24, 2.45) is 0 Å². The van der Waals surface area contributed by atoms with Crippen molar-refractivity contribution in [2.75, 3.05) is 20.3 Å². The maximum Gasteiger partial charge on any atom is 0.128 e. The molecule has 2 aromatic carbocycles. The molecule has 2 atom stereocenters. The summed E-state index contributed by atoms with van der Waals surface area (Å²) in [7, 11) is 1.72. The van der Waals surface area contributed by atoms with E-state index in [9.17, 15) is 5.11 Å². The lowest BCUT2D eigenvalue weighted by Crippen LogP contribution is -2.38. The van der Waals surface area contributed by atoms with E-state index in [1.54, 1.807) is 7.11 Å². The van der Waals surface area contributed by atoms with Crippen molar-refractivity contribution >= 4 is 10.8 Å². The molecule has 114 valence electrons. The van der Waals surface area contributed by atoms with Crippen LogP contribution in [0.4, 0.5) is 0 Å². The van der Waals surface area contributed by atoms with Crippen LogP contribution in [0, 0.1) is 0 Å². The maximum absolute atomic E-state index is 10.6. The van der Waals surface area contributed by atoms with E-state index in [0.29, 0.717) is 18.4 Å². The number of hydrogen-bond donors (Lipinski definition) is 1. The summed E-state index contributed by atoms with van der Waals surface area (Å²) in [4.78, 5) is 2.34. The molecule has 0 bridgehead atoms. The number of nitrogens with zero attached hydrogens (tertiary/aromatic N) is 1. The Hall–Kier alpha value is -1.58. The third-order valence-corrected chi connectivity index (χ3v) is 4.22. The van der Waals surface area contributed by atoms with Gasteiger partial charge in [0.15, 0.2) is 0 Å². The summed E-state index contributed by atoms with van der Waals surface area (Å²) in [6.07, 6.45) is 0. The third-order valence-electron chi connectivity index (χ3n) is 4.22. The van der Waals surface area contributed by atoms with E-state index in [1.807, 2.05) is 30.3 Å². The first-order chi connectivity index (χ1) is 10.1. The fourth-order valence-corrected chi connectivity index (χ4v) is 3.09. The Balaban J connectivity index is 2.38. The summed E-state index contributed by atoms with van der Waals surface area (Å²) in [5.74, 6) is 0.392. The minimum atomic E-state index is 0.143. The molecular weight excluding hydrogens is 262 g/mol. The number of rotatable bonds is 6. The van der Waals surface area contributed by atoms with Crippen LogP contribution in [0.15, 0.2) is 36.4 Å². The van der Waals surface area contributed by atoms with Crippen molar-refractivity contribution in [3.63, 3.8) is 0 Å². The number of methoxy groups -OCH3 is 1. The number of phenols is 1. The first kappa shape index (κ1) is 15.8. The van der Waals surface area contributed by atoms with E-state index in [0.717, 1.165) is 22.9 Å². The van der Waals surface area contributed by atoms with Crippen molar-refractivity contribution in [2.45, 2.75) is 32.9 Å². The first-order valence-electron chi connectivity index (χ1n) is 7.55. The molecule has 0 aromatic heterocycles. The fourth-order valence-electron chi connectivity index (χ4n) is 3.09. The molecule has 0 spiro atoms. The molecule has 0 aliphatic heterocycles. The molecule has 2 aromatic rings. The minimum absolute atomic E-state index is 0.143. The summed E-state index contributed by atoms with van der Waals surface area (Å²) < 4.78 is 5.27. The molecule has 0 amide bonds. The van der Waals surface area contributed by atoms with Gasteiger partial charge >= 0.3 is 0 Å². The van der Waals surface area contributed by atoms with Crippen LogP contribution in [0.5, 0.6) is 5.75 Å². The van der Waals surface area contributed by atoms with Crippen LogP contribution < -0.4 is 0 Å². The average molecular weight is 287 g/mol. The molecule has 0 aliphatic rings. The second-order valence-electron chi connectivity index (χ2n) is 5.54. The van der Waals surface area contributed by atoms with E-state index in [-0.39, 0.29) is 6.04 Å². The topological polar surface area (TPSA) is 32.7 Å². The highest BCUT2D eigenvalue weighted by atomic mass is 16.5. The number of benzene rings is 2. The largest absolute Gasteiger partial charge is 0.507 e. The molecule has 1 N–H and O–H groups in total. The monoisotopic (exact) mass is 287 g/mol. The van der Waals surface area contributed by atoms with Gasteiger partial charge < -0.3 is 9.84 Å². The highest BCUT2D eigenvalue weighted by Crippen LogP contribution is 2.35. The van der Waals surface area contributed by atoms with Crippen LogP contribution in [-0.4, -0.2) is 36.3 Å². The maximum atomic E-state index is 10.6. The van der Waals surface area contributed by atoms with Crippen LogP contribution >= 0.6 is 0 Å². The lowest BCUT2D eigenvalue weighted by molar-refractivity contribution is 0.0775. The Labute approximate surface area is 127 Å². The zero-order chi connectivity index (χ0) is 15.4. The van der Waals surface area contributed by atoms with Crippen molar-refractivity contribution in [3.05, 3.63) is 42.0 Å². The number of fused-ring (bicyclic) bond motifs is 1. The number of phenolic OH excluding ortho intramolecular Hbond substituents is 1. The first-order valence-corrected chi connectivity index (χ1v) is 7.55. The van der Waals surface area contributed by atoms with Gasteiger partial charge in [0, 0.05) is 30.1 Å². The number of hydrogen-bond acceptors (Lipinski definition) is 3. The van der Waals surface area contributed by atoms with E-state index in [4.69, 9.17) is 4.74 Å². The van der Waals surface area contributed by atoms with Gasteiger partial charge in [0.25, 0.3) is 0 Å². The second kappa shape index (κ2) is 6.92. The predicted octanol–water partition coefficient (Wildman–Crippen LogP) is 3.96. The third kappa shape index (κ3) is 3.20.